The van der Waals surface area contributed by atoms with E-state index < -0.39 is 15.8 Å². The number of hydrogen-bond acceptors (Lipinski definition) is 6. The van der Waals surface area contributed by atoms with Crippen molar-refractivity contribution in [1.29, 1.82) is 0 Å². The van der Waals surface area contributed by atoms with Crippen molar-refractivity contribution in [3.8, 4) is 5.75 Å². The van der Waals surface area contributed by atoms with E-state index in [-0.39, 0.29) is 11.4 Å². The van der Waals surface area contributed by atoms with Crippen molar-refractivity contribution in [1.82, 2.24) is 0 Å². The quantitative estimate of drug-likeness (QED) is 0.548. The first-order valence-corrected chi connectivity index (χ1v) is 11.6. The number of allylic oxidation sites excluding steroid dienone is 1. The number of nitrogens with zero attached hydrogens (tertiary/aromatic N) is 1. The Bertz CT molecular complexity index is 1230. The van der Waals surface area contributed by atoms with Gasteiger partial charge in [0.05, 0.1) is 25.0 Å². The fourth-order valence-corrected chi connectivity index (χ4v) is 5.73. The summed E-state index contributed by atoms with van der Waals surface area (Å²) in [6.07, 6.45) is 1.23. The molecule has 9 heteroatoms. The molecule has 0 radical (unpaired) electrons. The monoisotopic (exact) mass is 460 g/mol. The van der Waals surface area contributed by atoms with E-state index in [0.717, 1.165) is 5.56 Å². The molecule has 0 saturated heterocycles. The molecule has 0 aliphatic carbocycles. The van der Waals surface area contributed by atoms with E-state index in [1.807, 2.05) is 0 Å². The second-order valence-corrected chi connectivity index (χ2v) is 9.64. The summed E-state index contributed by atoms with van der Waals surface area (Å²) in [6.45, 7) is 0.0858. The zero-order chi connectivity index (χ0) is 21.3. The van der Waals surface area contributed by atoms with Crippen LogP contribution in [0.25, 0.3) is 0 Å². The summed E-state index contributed by atoms with van der Waals surface area (Å²) in [4.78, 5) is 13.0. The summed E-state index contributed by atoms with van der Waals surface area (Å²) in [7, 11) is -2.56. The second kappa shape index (κ2) is 8.14. The lowest BCUT2D eigenvalue weighted by Gasteiger charge is -2.29. The van der Waals surface area contributed by atoms with Gasteiger partial charge in [-0.05, 0) is 41.3 Å². The first-order chi connectivity index (χ1) is 14.4. The van der Waals surface area contributed by atoms with Crippen molar-refractivity contribution in [3.05, 3.63) is 86.5 Å². The number of Topliss-reactive ketones (excluding diaryl/α,β-unsaturated/α-hetero) is 1. The standard InChI is InChI=1S/C21H17ClN2O4S2/c1-28-18-5-3-2-4-16(18)23-12-19-20(25)21-17(10-11-29-21)24(30(19,26)27)13-14-6-8-15(22)9-7-14/h2-12,23H,13H2,1H3/b19-12-. The Hall–Kier alpha value is -2.81. The minimum absolute atomic E-state index is 0.0858. The van der Waals surface area contributed by atoms with Gasteiger partial charge in [0.1, 0.15) is 10.6 Å². The topological polar surface area (TPSA) is 75.7 Å². The lowest BCUT2D eigenvalue weighted by molar-refractivity contribution is 0.104. The van der Waals surface area contributed by atoms with Crippen LogP contribution in [-0.4, -0.2) is 21.3 Å². The summed E-state index contributed by atoms with van der Waals surface area (Å²) < 4.78 is 33.3. The average molecular weight is 461 g/mol. The van der Waals surface area contributed by atoms with Crippen LogP contribution >= 0.6 is 22.9 Å². The number of carbonyl (C=O) groups excluding carboxylic acids is 1. The molecule has 0 bridgehead atoms. The number of thiophene rings is 1. The Morgan fingerprint density at radius 1 is 1.13 bits per heavy atom. The van der Waals surface area contributed by atoms with E-state index >= 15 is 0 Å². The molecule has 30 heavy (non-hydrogen) atoms. The maximum atomic E-state index is 13.4. The third kappa shape index (κ3) is 3.69. The van der Waals surface area contributed by atoms with Crippen LogP contribution in [0.1, 0.15) is 15.2 Å². The summed E-state index contributed by atoms with van der Waals surface area (Å²) in [6, 6.07) is 15.6. The number of rotatable bonds is 5. The molecule has 1 aliphatic rings. The molecule has 0 fully saturated rings. The molecule has 2 heterocycles. The number of ketones is 1. The summed E-state index contributed by atoms with van der Waals surface area (Å²) >= 11 is 7.15. The fourth-order valence-electron chi connectivity index (χ4n) is 3.12. The third-order valence-corrected chi connectivity index (χ3v) is 7.54. The molecular formula is C21H17ClN2O4S2. The molecule has 1 aromatic heterocycles. The molecule has 4 rings (SSSR count). The van der Waals surface area contributed by atoms with E-state index in [9.17, 15) is 13.2 Å². The van der Waals surface area contributed by atoms with Crippen molar-refractivity contribution in [3.63, 3.8) is 0 Å². The molecular weight excluding hydrogens is 444 g/mol. The molecule has 0 atom stereocenters. The number of anilines is 2. The predicted octanol–water partition coefficient (Wildman–Crippen LogP) is 4.90. The number of sulfonamides is 1. The normalized spacial score (nSPS) is 16.4. The number of para-hydroxylation sites is 2. The smallest absolute Gasteiger partial charge is 0.270 e. The molecule has 0 spiro atoms. The number of halogens is 1. The van der Waals surface area contributed by atoms with Crippen LogP contribution in [0.3, 0.4) is 0 Å². The highest BCUT2D eigenvalue weighted by molar-refractivity contribution is 7.97. The van der Waals surface area contributed by atoms with E-state index in [0.29, 0.717) is 27.0 Å². The molecule has 1 N–H and O–H groups in total. The number of ether oxygens (including phenoxy) is 1. The van der Waals surface area contributed by atoms with E-state index in [1.165, 1.54) is 29.0 Å². The van der Waals surface area contributed by atoms with Crippen LogP contribution in [0.5, 0.6) is 5.75 Å². The van der Waals surface area contributed by atoms with Gasteiger partial charge in [0.2, 0.25) is 5.78 Å². The van der Waals surface area contributed by atoms with Gasteiger partial charge in [-0.25, -0.2) is 8.42 Å². The molecule has 0 unspecified atom stereocenters. The van der Waals surface area contributed by atoms with Crippen LogP contribution in [0.4, 0.5) is 11.4 Å². The first-order valence-electron chi connectivity index (χ1n) is 8.91. The lowest BCUT2D eigenvalue weighted by atomic mass is 10.2. The highest BCUT2D eigenvalue weighted by atomic mass is 35.5. The average Bonchev–Trinajstić information content (AvgIpc) is 3.22. The zero-order valence-corrected chi connectivity index (χ0v) is 18.2. The lowest BCUT2D eigenvalue weighted by Crippen LogP contribution is -2.38. The second-order valence-electron chi connectivity index (χ2n) is 6.46. The highest BCUT2D eigenvalue weighted by Crippen LogP contribution is 2.39. The van der Waals surface area contributed by atoms with Crippen LogP contribution in [-0.2, 0) is 16.6 Å². The van der Waals surface area contributed by atoms with Gasteiger partial charge in [0.25, 0.3) is 10.0 Å². The Labute approximate surface area is 183 Å². The number of methoxy groups -OCH3 is 1. The first kappa shape index (κ1) is 20.5. The number of hydrogen-bond donors (Lipinski definition) is 1. The maximum Gasteiger partial charge on any atom is 0.270 e. The van der Waals surface area contributed by atoms with Gasteiger partial charge in [-0.3, -0.25) is 9.10 Å². The Kier molecular flexibility index (Phi) is 5.55. The molecule has 3 aromatic rings. The van der Waals surface area contributed by atoms with Gasteiger partial charge in [0, 0.05) is 11.2 Å². The molecule has 6 nitrogen and oxygen atoms in total. The number of carbonyl (C=O) groups is 1. The molecule has 2 aromatic carbocycles. The molecule has 1 aliphatic heterocycles. The Morgan fingerprint density at radius 2 is 1.87 bits per heavy atom. The summed E-state index contributed by atoms with van der Waals surface area (Å²) in [5.41, 5.74) is 1.69. The van der Waals surface area contributed by atoms with Crippen molar-refractivity contribution in [2.45, 2.75) is 6.54 Å². The predicted molar refractivity (Wildman–Crippen MR) is 120 cm³/mol. The SMILES string of the molecule is COc1ccccc1N/C=C1/C(=O)c2sccc2N(Cc2ccc(Cl)cc2)S1(=O)=O. The van der Waals surface area contributed by atoms with Crippen LogP contribution < -0.4 is 14.4 Å². The maximum absolute atomic E-state index is 13.4. The van der Waals surface area contributed by atoms with E-state index in [4.69, 9.17) is 16.3 Å². The minimum atomic E-state index is -4.08. The summed E-state index contributed by atoms with van der Waals surface area (Å²) in [5, 5.41) is 5.18. The fraction of sp³-hybridized carbons (Fsp3) is 0.0952. The van der Waals surface area contributed by atoms with Gasteiger partial charge < -0.3 is 10.1 Å². The van der Waals surface area contributed by atoms with Crippen LogP contribution in [0, 0.1) is 0 Å². The van der Waals surface area contributed by atoms with E-state index in [1.54, 1.807) is 60.0 Å². The van der Waals surface area contributed by atoms with Crippen molar-refractivity contribution < 1.29 is 17.9 Å². The molecule has 0 saturated carbocycles. The molecule has 154 valence electrons. The van der Waals surface area contributed by atoms with Gasteiger partial charge in [-0.1, -0.05) is 35.9 Å². The number of benzene rings is 2. The van der Waals surface area contributed by atoms with Crippen LogP contribution in [0.15, 0.2) is 71.1 Å². The Balaban J connectivity index is 1.75. The number of nitrogens with one attached hydrogen (secondary N) is 1. The van der Waals surface area contributed by atoms with Crippen molar-refractivity contribution in [2.75, 3.05) is 16.7 Å². The van der Waals surface area contributed by atoms with Gasteiger partial charge in [-0.2, -0.15) is 0 Å². The minimum Gasteiger partial charge on any atom is -0.495 e. The molecule has 0 amide bonds. The van der Waals surface area contributed by atoms with Gasteiger partial charge in [0.15, 0.2) is 4.91 Å². The summed E-state index contributed by atoms with van der Waals surface area (Å²) in [5.74, 6) is -0.000376. The van der Waals surface area contributed by atoms with Gasteiger partial charge in [-0.15, -0.1) is 11.3 Å². The van der Waals surface area contributed by atoms with E-state index in [2.05, 4.69) is 5.32 Å². The Morgan fingerprint density at radius 3 is 2.60 bits per heavy atom. The van der Waals surface area contributed by atoms with Crippen molar-refractivity contribution in [2.24, 2.45) is 0 Å². The van der Waals surface area contributed by atoms with Gasteiger partial charge >= 0.3 is 0 Å². The van der Waals surface area contributed by atoms with Crippen molar-refractivity contribution >= 4 is 50.1 Å². The third-order valence-electron chi connectivity index (χ3n) is 4.62. The zero-order valence-electron chi connectivity index (χ0n) is 15.8. The van der Waals surface area contributed by atoms with Crippen LogP contribution in [0.2, 0.25) is 5.02 Å². The highest BCUT2D eigenvalue weighted by Gasteiger charge is 2.41. The largest absolute Gasteiger partial charge is 0.495 e. The number of fused-ring (bicyclic) bond motifs is 1.